The van der Waals surface area contributed by atoms with E-state index < -0.39 is 0 Å². The number of hydrogen-bond acceptors (Lipinski definition) is 2. The van der Waals surface area contributed by atoms with Crippen LogP contribution in [-0.4, -0.2) is 25.6 Å². The molecule has 0 N–H and O–H groups in total. The van der Waals surface area contributed by atoms with Crippen LogP contribution in [-0.2, 0) is 0 Å². The highest BCUT2D eigenvalue weighted by Crippen LogP contribution is 2.20. The van der Waals surface area contributed by atoms with Crippen molar-refractivity contribution in [3.63, 3.8) is 0 Å². The molecule has 2 rings (SSSR count). The minimum atomic E-state index is 0.903. The van der Waals surface area contributed by atoms with Crippen LogP contribution in [0.3, 0.4) is 0 Å². The Morgan fingerprint density at radius 2 is 2.00 bits per heavy atom. The lowest BCUT2D eigenvalue weighted by Gasteiger charge is -2.17. The van der Waals surface area contributed by atoms with E-state index in [-0.39, 0.29) is 0 Å². The molecule has 2 heteroatoms. The van der Waals surface area contributed by atoms with Crippen LogP contribution in [0.15, 0.2) is 42.1 Å². The maximum atomic E-state index is 5.16. The summed E-state index contributed by atoms with van der Waals surface area (Å²) in [6.07, 6.45) is 13.3. The predicted molar refractivity (Wildman–Crippen MR) is 85.8 cm³/mol. The van der Waals surface area contributed by atoms with E-state index in [1.165, 1.54) is 37.7 Å². The molecule has 1 aliphatic rings. The lowest BCUT2D eigenvalue weighted by Crippen LogP contribution is -2.13. The van der Waals surface area contributed by atoms with Gasteiger partial charge in [0.25, 0.3) is 0 Å². The average molecular weight is 271 g/mol. The second kappa shape index (κ2) is 7.78. The molecule has 0 saturated carbocycles. The van der Waals surface area contributed by atoms with Crippen molar-refractivity contribution in [3.05, 3.63) is 47.7 Å². The Hall–Kier alpha value is -1.70. The minimum Gasteiger partial charge on any atom is -0.497 e. The van der Waals surface area contributed by atoms with E-state index in [0.29, 0.717) is 0 Å². The molecule has 0 radical (unpaired) electrons. The summed E-state index contributed by atoms with van der Waals surface area (Å²) in [5.41, 5.74) is 2.84. The number of ether oxygens (including phenoxy) is 1. The second-order valence-corrected chi connectivity index (χ2v) is 5.43. The summed E-state index contributed by atoms with van der Waals surface area (Å²) in [5.74, 6) is 0.903. The number of allylic oxidation sites excluding steroid dienone is 1. The molecule has 0 aromatic heterocycles. The molecule has 0 unspecified atom stereocenters. The van der Waals surface area contributed by atoms with Gasteiger partial charge in [-0.1, -0.05) is 23.8 Å². The van der Waals surface area contributed by atoms with Crippen LogP contribution in [0.25, 0.3) is 6.08 Å². The number of nitrogens with zero attached hydrogens (tertiary/aromatic N) is 1. The van der Waals surface area contributed by atoms with Gasteiger partial charge in [0.05, 0.1) is 7.11 Å². The summed E-state index contributed by atoms with van der Waals surface area (Å²) >= 11 is 0. The fourth-order valence-corrected chi connectivity index (χ4v) is 2.45. The maximum absolute atomic E-state index is 5.16. The zero-order valence-electron chi connectivity index (χ0n) is 12.6. The van der Waals surface area contributed by atoms with Gasteiger partial charge in [-0.25, -0.2) is 0 Å². The molecule has 1 aromatic carbocycles. The van der Waals surface area contributed by atoms with Gasteiger partial charge in [0.2, 0.25) is 0 Å². The molecule has 0 saturated heterocycles. The summed E-state index contributed by atoms with van der Waals surface area (Å²) in [7, 11) is 3.84. The summed E-state index contributed by atoms with van der Waals surface area (Å²) in [4.78, 5) is 2.26. The van der Waals surface area contributed by atoms with E-state index in [1.807, 2.05) is 12.1 Å². The Balaban J connectivity index is 1.79. The molecular formula is C18H25NO. The monoisotopic (exact) mass is 271 g/mol. The van der Waals surface area contributed by atoms with Gasteiger partial charge < -0.3 is 9.64 Å². The van der Waals surface area contributed by atoms with Crippen molar-refractivity contribution in [2.24, 2.45) is 0 Å². The van der Waals surface area contributed by atoms with Gasteiger partial charge in [0, 0.05) is 13.6 Å². The molecule has 1 aromatic rings. The zero-order valence-corrected chi connectivity index (χ0v) is 12.6. The normalized spacial score (nSPS) is 15.2. The summed E-state index contributed by atoms with van der Waals surface area (Å²) in [6.45, 7) is 1.10. The average Bonchev–Trinajstić information content (AvgIpc) is 2.52. The van der Waals surface area contributed by atoms with Gasteiger partial charge in [0.1, 0.15) is 5.75 Å². The molecule has 0 atom stereocenters. The summed E-state index contributed by atoms with van der Waals surface area (Å²) < 4.78 is 5.16. The molecule has 0 spiro atoms. The van der Waals surface area contributed by atoms with E-state index in [2.05, 4.69) is 42.4 Å². The molecule has 0 bridgehead atoms. The Morgan fingerprint density at radius 3 is 2.65 bits per heavy atom. The standard InChI is InChI=1S/C18H25NO/c1-19(14-12-16-6-4-3-5-7-16)15-13-17-8-10-18(20-2)11-9-17/h6,8-11,13,15H,3-5,7,12,14H2,1-2H3/b15-13+. The third-order valence-corrected chi connectivity index (χ3v) is 3.81. The molecule has 20 heavy (non-hydrogen) atoms. The van der Waals surface area contributed by atoms with Crippen LogP contribution in [0, 0.1) is 0 Å². The zero-order chi connectivity index (χ0) is 14.2. The van der Waals surface area contributed by atoms with Gasteiger partial charge >= 0.3 is 0 Å². The van der Waals surface area contributed by atoms with Crippen molar-refractivity contribution in [1.82, 2.24) is 4.90 Å². The molecule has 0 amide bonds. The van der Waals surface area contributed by atoms with Crippen molar-refractivity contribution in [2.75, 3.05) is 20.7 Å². The summed E-state index contributed by atoms with van der Waals surface area (Å²) in [5, 5.41) is 0. The molecule has 1 aliphatic carbocycles. The lowest BCUT2D eigenvalue weighted by atomic mass is 9.97. The first-order valence-electron chi connectivity index (χ1n) is 7.48. The highest BCUT2D eigenvalue weighted by Gasteiger charge is 2.03. The minimum absolute atomic E-state index is 0.903. The lowest BCUT2D eigenvalue weighted by molar-refractivity contribution is 0.415. The summed E-state index contributed by atoms with van der Waals surface area (Å²) in [6, 6.07) is 8.14. The molecule has 2 nitrogen and oxygen atoms in total. The topological polar surface area (TPSA) is 12.5 Å². The first-order chi connectivity index (χ1) is 9.78. The number of hydrogen-bond donors (Lipinski definition) is 0. The van der Waals surface area contributed by atoms with Gasteiger partial charge in [-0.15, -0.1) is 0 Å². The van der Waals surface area contributed by atoms with Crippen LogP contribution in [0.1, 0.15) is 37.7 Å². The van der Waals surface area contributed by atoms with Crippen LogP contribution in [0.5, 0.6) is 5.75 Å². The third kappa shape index (κ3) is 4.76. The Bertz CT molecular complexity index is 459. The smallest absolute Gasteiger partial charge is 0.118 e. The van der Waals surface area contributed by atoms with E-state index in [0.717, 1.165) is 12.3 Å². The second-order valence-electron chi connectivity index (χ2n) is 5.43. The Morgan fingerprint density at radius 1 is 1.20 bits per heavy atom. The van der Waals surface area contributed by atoms with Crippen LogP contribution >= 0.6 is 0 Å². The fraction of sp³-hybridized carbons (Fsp3) is 0.444. The van der Waals surface area contributed by atoms with Crippen molar-refractivity contribution < 1.29 is 4.74 Å². The van der Waals surface area contributed by atoms with Crippen molar-refractivity contribution in [3.8, 4) is 5.75 Å². The third-order valence-electron chi connectivity index (χ3n) is 3.81. The van der Waals surface area contributed by atoms with Crippen molar-refractivity contribution >= 4 is 6.08 Å². The largest absolute Gasteiger partial charge is 0.497 e. The SMILES string of the molecule is COc1ccc(/C=C/N(C)CCC2=CCCCC2)cc1. The number of rotatable bonds is 6. The molecule has 0 fully saturated rings. The molecule has 108 valence electrons. The van der Waals surface area contributed by atoms with Crippen LogP contribution in [0.2, 0.25) is 0 Å². The van der Waals surface area contributed by atoms with E-state index in [9.17, 15) is 0 Å². The van der Waals surface area contributed by atoms with Gasteiger partial charge in [0.15, 0.2) is 0 Å². The highest BCUT2D eigenvalue weighted by molar-refractivity contribution is 5.50. The first kappa shape index (κ1) is 14.7. The maximum Gasteiger partial charge on any atom is 0.118 e. The predicted octanol–water partition coefficient (Wildman–Crippen LogP) is 4.49. The number of methoxy groups -OCH3 is 1. The fourth-order valence-electron chi connectivity index (χ4n) is 2.45. The van der Waals surface area contributed by atoms with Crippen LogP contribution in [0.4, 0.5) is 0 Å². The van der Waals surface area contributed by atoms with E-state index in [1.54, 1.807) is 12.7 Å². The van der Waals surface area contributed by atoms with Crippen LogP contribution < -0.4 is 4.74 Å². The van der Waals surface area contributed by atoms with Gasteiger partial charge in [-0.05, 0) is 62.1 Å². The Kier molecular flexibility index (Phi) is 5.72. The van der Waals surface area contributed by atoms with E-state index >= 15 is 0 Å². The first-order valence-corrected chi connectivity index (χ1v) is 7.48. The Labute approximate surface area is 122 Å². The molecular weight excluding hydrogens is 246 g/mol. The highest BCUT2D eigenvalue weighted by atomic mass is 16.5. The van der Waals surface area contributed by atoms with Gasteiger partial charge in [-0.2, -0.15) is 0 Å². The molecule has 0 aliphatic heterocycles. The van der Waals surface area contributed by atoms with Crippen molar-refractivity contribution in [1.29, 1.82) is 0 Å². The quantitative estimate of drug-likeness (QED) is 0.707. The van der Waals surface area contributed by atoms with Crippen molar-refractivity contribution in [2.45, 2.75) is 32.1 Å². The molecule has 0 heterocycles. The number of benzene rings is 1. The van der Waals surface area contributed by atoms with Gasteiger partial charge in [-0.3, -0.25) is 0 Å². The van der Waals surface area contributed by atoms with E-state index in [4.69, 9.17) is 4.74 Å².